The molecule has 0 radical (unpaired) electrons. The minimum atomic E-state index is 0. The third-order valence-corrected chi connectivity index (χ3v) is 4.62. The normalized spacial score (nSPS) is 19.7. The van der Waals surface area contributed by atoms with E-state index in [1.807, 2.05) is 0 Å². The van der Waals surface area contributed by atoms with E-state index in [9.17, 15) is 0 Å². The van der Waals surface area contributed by atoms with Crippen molar-refractivity contribution in [3.63, 3.8) is 0 Å². The average molecular weight is 256 g/mol. The second-order valence-electron chi connectivity index (χ2n) is 3.88. The zero-order valence-corrected chi connectivity index (χ0v) is 12.0. The van der Waals surface area contributed by atoms with Crippen LogP contribution in [0.25, 0.3) is 0 Å². The number of allylic oxidation sites excluding steroid dienone is 4. The summed E-state index contributed by atoms with van der Waals surface area (Å²) in [4.78, 5) is 0. The summed E-state index contributed by atoms with van der Waals surface area (Å²) >= 11 is 2.25. The molecule has 0 unspecified atom stereocenters. The average Bonchev–Trinajstić information content (AvgIpc) is 2.06. The van der Waals surface area contributed by atoms with E-state index in [0.717, 1.165) is 0 Å². The van der Waals surface area contributed by atoms with Gasteiger partial charge in [-0.25, -0.2) is 0 Å². The Morgan fingerprint density at radius 2 is 1.31 bits per heavy atom. The molecule has 0 aromatic rings. The van der Waals surface area contributed by atoms with E-state index in [1.54, 1.807) is 0 Å². The van der Waals surface area contributed by atoms with Crippen LogP contribution in [0.4, 0.5) is 0 Å². The van der Waals surface area contributed by atoms with Crippen LogP contribution in [-0.4, -0.2) is 0 Å². The van der Waals surface area contributed by atoms with E-state index in [-0.39, 0.29) is 24.8 Å². The van der Waals surface area contributed by atoms with Crippen LogP contribution in [-0.2, 0) is 20.4 Å². The molecule has 0 heterocycles. The van der Waals surface area contributed by atoms with Gasteiger partial charge in [0.1, 0.15) is 0 Å². The molecule has 1 aliphatic carbocycles. The van der Waals surface area contributed by atoms with E-state index in [1.165, 1.54) is 20.6 Å². The van der Waals surface area contributed by atoms with Crippen LogP contribution in [0, 0.1) is 5.41 Å². The second kappa shape index (κ2) is 5.02. The first kappa shape index (κ1) is 16.2. The zero-order chi connectivity index (χ0) is 8.81. The summed E-state index contributed by atoms with van der Waals surface area (Å²) in [7, 11) is 0. The Hall–Kier alpha value is 0.774. The monoisotopic (exact) mass is 255 g/mol. The van der Waals surface area contributed by atoms with Crippen molar-refractivity contribution in [3.8, 4) is 0 Å². The molecule has 0 nitrogen and oxygen atoms in total. The van der Waals surface area contributed by atoms with Crippen molar-refractivity contribution in [2.45, 2.75) is 34.6 Å². The van der Waals surface area contributed by atoms with Gasteiger partial charge in [-0.1, -0.05) is 0 Å². The van der Waals surface area contributed by atoms with Gasteiger partial charge in [0.05, 0.1) is 0 Å². The third-order valence-electron chi connectivity index (χ3n) is 3.06. The van der Waals surface area contributed by atoms with Crippen LogP contribution in [0.3, 0.4) is 0 Å². The maximum atomic E-state index is 2.30. The van der Waals surface area contributed by atoms with Gasteiger partial charge in [0.25, 0.3) is 0 Å². The fraction of sp³-hybridized carbons (Fsp3) is 0.600. The van der Waals surface area contributed by atoms with Crippen molar-refractivity contribution < 1.29 is 20.4 Å². The van der Waals surface area contributed by atoms with Crippen LogP contribution in [0.1, 0.15) is 34.6 Å². The Kier molecular flexibility index (Phi) is 6.27. The molecule has 13 heavy (non-hydrogen) atoms. The van der Waals surface area contributed by atoms with Gasteiger partial charge < -0.3 is 0 Å². The van der Waals surface area contributed by atoms with Crippen molar-refractivity contribution in [2.75, 3.05) is 0 Å². The molecule has 0 aliphatic heterocycles. The second-order valence-corrected chi connectivity index (χ2v) is 4.66. The fourth-order valence-corrected chi connectivity index (χ4v) is 2.18. The Morgan fingerprint density at radius 1 is 0.923 bits per heavy atom. The first-order chi connectivity index (χ1) is 4.89. The summed E-state index contributed by atoms with van der Waals surface area (Å²) in [6, 6.07) is 0. The van der Waals surface area contributed by atoms with Crippen molar-refractivity contribution >= 4 is 24.8 Å². The van der Waals surface area contributed by atoms with E-state index in [4.69, 9.17) is 0 Å². The van der Waals surface area contributed by atoms with E-state index < -0.39 is 0 Å². The van der Waals surface area contributed by atoms with Crippen molar-refractivity contribution in [2.24, 2.45) is 5.41 Å². The maximum absolute atomic E-state index is 2.30. The van der Waals surface area contributed by atoms with Gasteiger partial charge >= 0.3 is 81.1 Å². The van der Waals surface area contributed by atoms with Crippen molar-refractivity contribution in [3.05, 3.63) is 20.6 Å². The molecule has 75 valence electrons. The van der Waals surface area contributed by atoms with Gasteiger partial charge in [0, 0.05) is 0 Å². The first-order valence-electron chi connectivity index (χ1n) is 4.00. The number of rotatable bonds is 0. The van der Waals surface area contributed by atoms with Crippen LogP contribution in [0.5, 0.6) is 0 Å². The van der Waals surface area contributed by atoms with Crippen LogP contribution >= 0.6 is 24.8 Å². The van der Waals surface area contributed by atoms with Crippen molar-refractivity contribution in [1.82, 2.24) is 0 Å². The van der Waals surface area contributed by atoms with E-state index >= 15 is 0 Å². The molecule has 0 aromatic carbocycles. The number of hydrogen-bond donors (Lipinski definition) is 0. The van der Waals surface area contributed by atoms with Gasteiger partial charge in [0.2, 0.25) is 0 Å². The Balaban J connectivity index is 0. The summed E-state index contributed by atoms with van der Waals surface area (Å²) in [5.41, 5.74) is 4.83. The Bertz CT molecular complexity index is 236. The summed E-state index contributed by atoms with van der Waals surface area (Å²) in [6.45, 7) is 11.3. The smallest absolute Gasteiger partial charge is 0.147 e. The molecule has 0 saturated heterocycles. The van der Waals surface area contributed by atoms with Crippen LogP contribution in [0.15, 0.2) is 20.6 Å². The van der Waals surface area contributed by atoms with Gasteiger partial charge in [-0.2, -0.15) is 0 Å². The number of hydrogen-bond acceptors (Lipinski definition) is 0. The predicted octanol–water partition coefficient (Wildman–Crippen LogP) is 4.03. The molecule has 1 aliphatic rings. The molecular formula is C10H17Cl2Ti. The van der Waals surface area contributed by atoms with Crippen molar-refractivity contribution in [1.29, 1.82) is 0 Å². The molecule has 0 spiro atoms. The summed E-state index contributed by atoms with van der Waals surface area (Å²) in [5, 5.41) is 0. The molecular weight excluding hydrogens is 239 g/mol. The van der Waals surface area contributed by atoms with Crippen LogP contribution < -0.4 is 0 Å². The largest absolute Gasteiger partial charge is 0.147 e. The topological polar surface area (TPSA) is 0 Å². The minimum Gasteiger partial charge on any atom is -0.147 e. The first-order valence-corrected chi connectivity index (χ1v) is 4.78. The van der Waals surface area contributed by atoms with Crippen LogP contribution in [0.2, 0.25) is 0 Å². The summed E-state index contributed by atoms with van der Waals surface area (Å²) in [6.07, 6.45) is 0. The Labute approximate surface area is 105 Å². The van der Waals surface area contributed by atoms with E-state index in [0.29, 0.717) is 5.41 Å². The zero-order valence-electron chi connectivity index (χ0n) is 8.82. The van der Waals surface area contributed by atoms with Gasteiger partial charge in [-0.15, -0.1) is 24.8 Å². The summed E-state index contributed by atoms with van der Waals surface area (Å²) < 4.78 is 1.53. The predicted molar refractivity (Wildman–Crippen MR) is 59.4 cm³/mol. The third kappa shape index (κ3) is 2.42. The molecule has 0 fully saturated rings. The SMILES string of the molecule is CC1=C(C)C(C)(C)[C]([Ti])=C1C.Cl.Cl. The molecule has 1 rings (SSSR count). The number of halogens is 2. The fourth-order valence-electron chi connectivity index (χ4n) is 1.59. The molecule has 3 heteroatoms. The maximum Gasteiger partial charge on any atom is -0.147 e. The van der Waals surface area contributed by atoms with Gasteiger partial charge in [0.15, 0.2) is 0 Å². The molecule has 0 saturated carbocycles. The van der Waals surface area contributed by atoms with Gasteiger partial charge in [-0.05, 0) is 0 Å². The molecule has 0 bridgehead atoms. The molecule has 0 N–H and O–H groups in total. The minimum absolute atomic E-state index is 0. The Morgan fingerprint density at radius 3 is 1.38 bits per heavy atom. The van der Waals surface area contributed by atoms with E-state index in [2.05, 4.69) is 55.1 Å². The quantitative estimate of drug-likeness (QED) is 0.574. The standard InChI is InChI=1S/C10H15.2ClH.Ti/c1-7-6-10(4,5)9(3)8(7)2;;;/h1-5H3;2*1H;. The molecule has 0 atom stereocenters. The molecule has 0 aromatic heterocycles. The molecule has 0 amide bonds. The van der Waals surface area contributed by atoms with Gasteiger partial charge in [-0.3, -0.25) is 0 Å². The summed E-state index contributed by atoms with van der Waals surface area (Å²) in [5.74, 6) is 0.